The Balaban J connectivity index is 1.24. The summed E-state index contributed by atoms with van der Waals surface area (Å²) in [6, 6.07) is 9.25. The number of anilines is 1. The highest BCUT2D eigenvalue weighted by atomic mass is 35.5. The number of rotatable bonds is 6. The van der Waals surface area contributed by atoms with Crippen molar-refractivity contribution in [2.45, 2.75) is 57.5 Å². The minimum absolute atomic E-state index is 0.00830. The molecule has 0 bridgehead atoms. The molecule has 39 heavy (non-hydrogen) atoms. The van der Waals surface area contributed by atoms with Crippen molar-refractivity contribution >= 4 is 56.9 Å². The maximum Gasteiger partial charge on any atom is 0.255 e. The molecule has 204 valence electrons. The van der Waals surface area contributed by atoms with Crippen molar-refractivity contribution < 1.29 is 4.79 Å². The number of nitrogens with one attached hydrogen (secondary N) is 2. The average Bonchev–Trinajstić information content (AvgIpc) is 3.37. The first-order chi connectivity index (χ1) is 19.0. The Kier molecular flexibility index (Phi) is 7.60. The second-order valence-electron chi connectivity index (χ2n) is 10.7. The lowest BCUT2D eigenvalue weighted by Gasteiger charge is -2.40. The molecule has 0 unspecified atom stereocenters. The van der Waals surface area contributed by atoms with Gasteiger partial charge in [-0.15, -0.1) is 0 Å². The van der Waals surface area contributed by atoms with E-state index in [2.05, 4.69) is 30.2 Å². The molecule has 10 heteroatoms. The summed E-state index contributed by atoms with van der Waals surface area (Å²) in [5.41, 5.74) is 2.90. The van der Waals surface area contributed by atoms with E-state index in [0.29, 0.717) is 26.9 Å². The van der Waals surface area contributed by atoms with E-state index in [0.717, 1.165) is 67.7 Å². The van der Waals surface area contributed by atoms with Crippen LogP contribution in [-0.4, -0.2) is 67.9 Å². The van der Waals surface area contributed by atoms with Gasteiger partial charge in [-0.25, -0.2) is 15.0 Å². The van der Waals surface area contributed by atoms with Crippen LogP contribution in [0.4, 0.5) is 5.82 Å². The van der Waals surface area contributed by atoms with Gasteiger partial charge in [0.05, 0.1) is 33.2 Å². The molecule has 0 aliphatic carbocycles. The van der Waals surface area contributed by atoms with E-state index in [1.165, 1.54) is 25.6 Å². The van der Waals surface area contributed by atoms with Gasteiger partial charge < -0.3 is 20.1 Å². The van der Waals surface area contributed by atoms with Crippen LogP contribution in [0.15, 0.2) is 36.7 Å². The first-order valence-electron chi connectivity index (χ1n) is 13.9. The summed E-state index contributed by atoms with van der Waals surface area (Å²) in [5, 5.41) is 5.26. The number of benzene rings is 2. The summed E-state index contributed by atoms with van der Waals surface area (Å²) in [4.78, 5) is 35.4. The van der Waals surface area contributed by atoms with Crippen molar-refractivity contribution in [2.24, 2.45) is 0 Å². The third-order valence-corrected chi connectivity index (χ3v) is 8.53. The van der Waals surface area contributed by atoms with Crippen LogP contribution in [0.1, 0.15) is 67.7 Å². The normalized spacial score (nSPS) is 19.5. The maximum atomic E-state index is 13.8. The molecule has 4 aromatic rings. The van der Waals surface area contributed by atoms with E-state index in [1.54, 1.807) is 6.07 Å². The molecule has 0 saturated carbocycles. The lowest BCUT2D eigenvalue weighted by atomic mass is 9.99. The number of aromatic nitrogens is 4. The molecule has 2 aromatic carbocycles. The Morgan fingerprint density at radius 1 is 1.05 bits per heavy atom. The number of likely N-dealkylation sites (tertiary alicyclic amines) is 2. The van der Waals surface area contributed by atoms with Gasteiger partial charge in [0.25, 0.3) is 5.91 Å². The molecule has 4 heterocycles. The van der Waals surface area contributed by atoms with Crippen LogP contribution in [0.5, 0.6) is 0 Å². The number of H-pyrrole nitrogens is 1. The zero-order valence-corrected chi connectivity index (χ0v) is 23.6. The lowest BCUT2D eigenvalue weighted by Crippen LogP contribution is -2.50. The highest BCUT2D eigenvalue weighted by Crippen LogP contribution is 2.31. The summed E-state index contributed by atoms with van der Waals surface area (Å²) >= 11 is 12.9. The van der Waals surface area contributed by atoms with Crippen molar-refractivity contribution in [3.63, 3.8) is 0 Å². The number of imidazole rings is 1. The Bertz CT molecular complexity index is 1500. The second kappa shape index (κ2) is 11.3. The fourth-order valence-corrected chi connectivity index (χ4v) is 6.30. The topological polar surface area (TPSA) is 90.0 Å². The molecule has 2 atom stereocenters. The van der Waals surface area contributed by atoms with Crippen LogP contribution in [0.25, 0.3) is 21.9 Å². The molecular weight excluding hydrogens is 533 g/mol. The number of hydrogen-bond donors (Lipinski definition) is 2. The number of carbonyl (C=O) groups is 1. The SMILES string of the molecule is C[C@H](Nc1ncnc2cc(C(=O)N3CCCC[C@H]3CN3CCCCC3)c(Cl)cc12)c1nc2ccc(Cl)cc2[nH]1. The molecule has 6 rings (SSSR count). The van der Waals surface area contributed by atoms with E-state index < -0.39 is 0 Å². The quantitative estimate of drug-likeness (QED) is 0.278. The van der Waals surface area contributed by atoms with Crippen molar-refractivity contribution in [3.05, 3.63) is 58.1 Å². The van der Waals surface area contributed by atoms with E-state index in [4.69, 9.17) is 23.2 Å². The Labute approximate surface area is 238 Å². The summed E-state index contributed by atoms with van der Waals surface area (Å²) in [6.45, 7) is 5.97. The van der Waals surface area contributed by atoms with Gasteiger partial charge in [0.1, 0.15) is 18.0 Å². The Hall–Kier alpha value is -2.94. The lowest BCUT2D eigenvalue weighted by molar-refractivity contribution is 0.0529. The molecule has 1 amide bonds. The van der Waals surface area contributed by atoms with Crippen LogP contribution in [0.3, 0.4) is 0 Å². The molecule has 2 N–H and O–H groups in total. The second-order valence-corrected chi connectivity index (χ2v) is 11.6. The number of aromatic amines is 1. The monoisotopic (exact) mass is 565 g/mol. The number of amides is 1. The van der Waals surface area contributed by atoms with Crippen LogP contribution >= 0.6 is 23.2 Å². The Morgan fingerprint density at radius 3 is 2.72 bits per heavy atom. The first-order valence-corrected chi connectivity index (χ1v) is 14.6. The van der Waals surface area contributed by atoms with Crippen molar-refractivity contribution in [1.29, 1.82) is 0 Å². The standard InChI is InChI=1S/C29H33Cl2N7O/c1-18(27-35-24-9-8-19(30)13-26(24)36-27)34-28-22-14-23(31)21(15-25(22)32-17-33-28)29(39)38-12-6-3-7-20(38)16-37-10-4-2-5-11-37/h8-9,13-15,17-18,20H,2-7,10-12,16H2,1H3,(H,35,36)(H,32,33,34)/t18-,20-/m0/s1. The third-order valence-electron chi connectivity index (χ3n) is 7.99. The minimum Gasteiger partial charge on any atom is -0.360 e. The molecule has 8 nitrogen and oxygen atoms in total. The highest BCUT2D eigenvalue weighted by molar-refractivity contribution is 6.35. The van der Waals surface area contributed by atoms with Gasteiger partial charge in [0.15, 0.2) is 0 Å². The van der Waals surface area contributed by atoms with E-state index in [9.17, 15) is 4.79 Å². The van der Waals surface area contributed by atoms with Gasteiger partial charge in [-0.2, -0.15) is 0 Å². The molecule has 2 saturated heterocycles. The average molecular weight is 567 g/mol. The molecule has 2 aliphatic heterocycles. The third kappa shape index (κ3) is 5.55. The summed E-state index contributed by atoms with van der Waals surface area (Å²) in [5.74, 6) is 1.39. The predicted octanol–water partition coefficient (Wildman–Crippen LogP) is 6.47. The molecule has 2 aromatic heterocycles. The Morgan fingerprint density at radius 2 is 1.87 bits per heavy atom. The van der Waals surface area contributed by atoms with Gasteiger partial charge in [-0.1, -0.05) is 29.6 Å². The number of halogens is 2. The fourth-order valence-electron chi connectivity index (χ4n) is 5.89. The van der Waals surface area contributed by atoms with E-state index in [1.807, 2.05) is 36.1 Å². The molecule has 2 fully saturated rings. The largest absolute Gasteiger partial charge is 0.360 e. The highest BCUT2D eigenvalue weighted by Gasteiger charge is 2.31. The fraction of sp³-hybridized carbons (Fsp3) is 0.448. The molecule has 0 spiro atoms. The predicted molar refractivity (Wildman–Crippen MR) is 157 cm³/mol. The molecular formula is C29H33Cl2N7O. The minimum atomic E-state index is -0.168. The van der Waals surface area contributed by atoms with Gasteiger partial charge in [-0.05, 0) is 82.4 Å². The van der Waals surface area contributed by atoms with Gasteiger partial charge in [0, 0.05) is 29.5 Å². The number of hydrogen-bond acceptors (Lipinski definition) is 6. The van der Waals surface area contributed by atoms with Gasteiger partial charge >= 0.3 is 0 Å². The zero-order valence-electron chi connectivity index (χ0n) is 22.1. The molecule has 0 radical (unpaired) electrons. The summed E-state index contributed by atoms with van der Waals surface area (Å²) in [6.07, 6.45) is 8.53. The van der Waals surface area contributed by atoms with Gasteiger partial charge in [-0.3, -0.25) is 4.79 Å². The number of fused-ring (bicyclic) bond motifs is 2. The zero-order chi connectivity index (χ0) is 26.9. The smallest absolute Gasteiger partial charge is 0.255 e. The van der Waals surface area contributed by atoms with Crippen LogP contribution in [-0.2, 0) is 0 Å². The van der Waals surface area contributed by atoms with Crippen molar-refractivity contribution in [2.75, 3.05) is 31.5 Å². The number of nitrogens with zero attached hydrogens (tertiary/aromatic N) is 5. The van der Waals surface area contributed by atoms with E-state index in [-0.39, 0.29) is 18.0 Å². The van der Waals surface area contributed by atoms with E-state index >= 15 is 0 Å². The van der Waals surface area contributed by atoms with Crippen molar-refractivity contribution in [3.8, 4) is 0 Å². The number of carbonyl (C=O) groups excluding carboxylic acids is 1. The molecule has 2 aliphatic rings. The van der Waals surface area contributed by atoms with Gasteiger partial charge in [0.2, 0.25) is 0 Å². The van der Waals surface area contributed by atoms with Crippen LogP contribution in [0.2, 0.25) is 10.0 Å². The summed E-state index contributed by atoms with van der Waals surface area (Å²) in [7, 11) is 0. The van der Waals surface area contributed by atoms with Crippen LogP contribution < -0.4 is 5.32 Å². The first kappa shape index (κ1) is 26.3. The number of piperidine rings is 2. The maximum absolute atomic E-state index is 13.8. The van der Waals surface area contributed by atoms with Crippen LogP contribution in [0, 0.1) is 0 Å². The van der Waals surface area contributed by atoms with Crippen molar-refractivity contribution in [1.82, 2.24) is 29.7 Å². The summed E-state index contributed by atoms with van der Waals surface area (Å²) < 4.78 is 0.